The second-order valence-electron chi connectivity index (χ2n) is 5.72. The van der Waals surface area contributed by atoms with Gasteiger partial charge in [-0.05, 0) is 58.6 Å². The van der Waals surface area contributed by atoms with Crippen LogP contribution in [0.2, 0.25) is 0 Å². The Labute approximate surface area is 124 Å². The maximum Gasteiger partial charge on any atom is 0.0628 e. The van der Waals surface area contributed by atoms with Crippen molar-refractivity contribution >= 4 is 0 Å². The zero-order chi connectivity index (χ0) is 15.0. The molecule has 1 rings (SSSR count). The molecule has 1 unspecified atom stereocenters. The van der Waals surface area contributed by atoms with Crippen LogP contribution in [0.3, 0.4) is 0 Å². The molecule has 1 N–H and O–H groups in total. The van der Waals surface area contributed by atoms with Crippen LogP contribution >= 0.6 is 0 Å². The van der Waals surface area contributed by atoms with Crippen LogP contribution in [-0.4, -0.2) is 22.9 Å². The van der Waals surface area contributed by atoms with Crippen molar-refractivity contribution in [1.82, 2.24) is 15.1 Å². The van der Waals surface area contributed by atoms with Crippen LogP contribution in [0.25, 0.3) is 0 Å². The highest BCUT2D eigenvalue weighted by Gasteiger charge is 2.12. The van der Waals surface area contributed by atoms with Crippen molar-refractivity contribution in [3.63, 3.8) is 0 Å². The van der Waals surface area contributed by atoms with Crippen LogP contribution in [0.4, 0.5) is 0 Å². The van der Waals surface area contributed by atoms with Crippen LogP contribution in [0.5, 0.6) is 0 Å². The van der Waals surface area contributed by atoms with E-state index in [2.05, 4.69) is 37.9 Å². The molecule has 0 saturated carbocycles. The van der Waals surface area contributed by atoms with E-state index in [9.17, 15) is 0 Å². The molecule has 20 heavy (non-hydrogen) atoms. The summed E-state index contributed by atoms with van der Waals surface area (Å²) >= 11 is 0. The molecule has 3 heteroatoms. The van der Waals surface area contributed by atoms with Crippen LogP contribution in [0.15, 0.2) is 12.7 Å². The average Bonchev–Trinajstić information content (AvgIpc) is 2.67. The molecule has 3 nitrogen and oxygen atoms in total. The summed E-state index contributed by atoms with van der Waals surface area (Å²) in [6, 6.07) is 0.623. The van der Waals surface area contributed by atoms with Crippen molar-refractivity contribution in [2.45, 2.75) is 64.8 Å². The Morgan fingerprint density at radius 3 is 2.55 bits per heavy atom. The minimum Gasteiger partial charge on any atom is -0.317 e. The highest BCUT2D eigenvalue weighted by molar-refractivity contribution is 5.24. The molecule has 0 aromatic carbocycles. The molecule has 1 heterocycles. The fourth-order valence-electron chi connectivity index (χ4n) is 2.79. The molecule has 114 valence electrons. The quantitative estimate of drug-likeness (QED) is 0.522. The maximum absolute atomic E-state index is 4.50. The molecule has 1 aromatic rings. The number of hydrogen-bond donors (Lipinski definition) is 1. The Kier molecular flexibility index (Phi) is 7.60. The van der Waals surface area contributed by atoms with Crippen molar-refractivity contribution < 1.29 is 0 Å². The van der Waals surface area contributed by atoms with E-state index in [-0.39, 0.29) is 0 Å². The number of aryl methyl sites for hydroxylation is 2. The van der Waals surface area contributed by atoms with Gasteiger partial charge in [0, 0.05) is 18.8 Å². The van der Waals surface area contributed by atoms with Crippen LogP contribution in [-0.2, 0) is 13.5 Å². The van der Waals surface area contributed by atoms with E-state index in [1.54, 1.807) is 0 Å². The predicted molar refractivity (Wildman–Crippen MR) is 87.1 cm³/mol. The van der Waals surface area contributed by atoms with Gasteiger partial charge < -0.3 is 5.32 Å². The molecule has 0 fully saturated rings. The number of nitrogens with zero attached hydrogens (tertiary/aromatic N) is 2. The highest BCUT2D eigenvalue weighted by Crippen LogP contribution is 2.17. The SMILES string of the molecule is C=CCCCCCC(CCc1c(C)nn(C)c1C)NC. The minimum absolute atomic E-state index is 0.623. The number of hydrogen-bond acceptors (Lipinski definition) is 2. The first kappa shape index (κ1) is 17.0. The topological polar surface area (TPSA) is 29.9 Å². The number of nitrogens with one attached hydrogen (secondary N) is 1. The summed E-state index contributed by atoms with van der Waals surface area (Å²) in [5, 5.41) is 7.96. The summed E-state index contributed by atoms with van der Waals surface area (Å²) in [7, 11) is 4.11. The Morgan fingerprint density at radius 1 is 1.25 bits per heavy atom. The van der Waals surface area contributed by atoms with Gasteiger partial charge >= 0.3 is 0 Å². The molecule has 0 aliphatic carbocycles. The molecule has 0 aliphatic heterocycles. The fraction of sp³-hybridized carbons (Fsp3) is 0.706. The molecule has 0 bridgehead atoms. The van der Waals surface area contributed by atoms with Gasteiger partial charge in [0.15, 0.2) is 0 Å². The van der Waals surface area contributed by atoms with Crippen molar-refractivity contribution in [3.8, 4) is 0 Å². The third kappa shape index (κ3) is 5.12. The monoisotopic (exact) mass is 277 g/mol. The van der Waals surface area contributed by atoms with E-state index in [1.807, 2.05) is 17.8 Å². The summed E-state index contributed by atoms with van der Waals surface area (Å²) in [6.45, 7) is 8.05. The largest absolute Gasteiger partial charge is 0.317 e. The lowest BCUT2D eigenvalue weighted by Gasteiger charge is -2.16. The maximum atomic E-state index is 4.50. The lowest BCUT2D eigenvalue weighted by molar-refractivity contribution is 0.462. The molecule has 0 aliphatic rings. The van der Waals surface area contributed by atoms with E-state index in [0.29, 0.717) is 6.04 Å². The van der Waals surface area contributed by atoms with E-state index < -0.39 is 0 Å². The molecule has 1 atom stereocenters. The lowest BCUT2D eigenvalue weighted by Crippen LogP contribution is -2.25. The summed E-state index contributed by atoms with van der Waals surface area (Å²) < 4.78 is 1.99. The standard InChI is InChI=1S/C17H31N3/c1-6-7-8-9-10-11-16(18-4)12-13-17-14(2)19-20(5)15(17)3/h6,16,18H,1,7-13H2,2-5H3. The summed E-state index contributed by atoms with van der Waals surface area (Å²) in [6.07, 6.45) is 10.7. The van der Waals surface area contributed by atoms with E-state index >= 15 is 0 Å². The first-order valence-corrected chi connectivity index (χ1v) is 7.87. The third-order valence-corrected chi connectivity index (χ3v) is 4.27. The number of aromatic nitrogens is 2. The molecule has 0 amide bonds. The fourth-order valence-corrected chi connectivity index (χ4v) is 2.79. The van der Waals surface area contributed by atoms with Gasteiger partial charge in [-0.2, -0.15) is 5.10 Å². The first-order valence-electron chi connectivity index (χ1n) is 7.87. The van der Waals surface area contributed by atoms with E-state index in [1.165, 1.54) is 49.1 Å². The highest BCUT2D eigenvalue weighted by atomic mass is 15.3. The van der Waals surface area contributed by atoms with E-state index in [0.717, 1.165) is 12.8 Å². The van der Waals surface area contributed by atoms with Crippen molar-refractivity contribution in [2.24, 2.45) is 7.05 Å². The minimum atomic E-state index is 0.623. The Bertz CT molecular complexity index is 407. The van der Waals surface area contributed by atoms with Crippen LogP contribution in [0, 0.1) is 13.8 Å². The van der Waals surface area contributed by atoms with Gasteiger partial charge in [-0.3, -0.25) is 4.68 Å². The zero-order valence-corrected chi connectivity index (χ0v) is 13.7. The molecular weight excluding hydrogens is 246 g/mol. The summed E-state index contributed by atoms with van der Waals surface area (Å²) in [5.41, 5.74) is 3.92. The molecule has 0 saturated heterocycles. The van der Waals surface area contributed by atoms with Gasteiger partial charge in [0.05, 0.1) is 5.69 Å². The zero-order valence-electron chi connectivity index (χ0n) is 13.7. The number of rotatable bonds is 10. The summed E-state index contributed by atoms with van der Waals surface area (Å²) in [5.74, 6) is 0. The smallest absolute Gasteiger partial charge is 0.0628 e. The Hall–Kier alpha value is -1.09. The Balaban J connectivity index is 2.35. The average molecular weight is 277 g/mol. The first-order chi connectivity index (χ1) is 9.60. The lowest BCUT2D eigenvalue weighted by atomic mass is 9.99. The second-order valence-corrected chi connectivity index (χ2v) is 5.72. The second kappa shape index (κ2) is 8.96. The normalized spacial score (nSPS) is 12.6. The van der Waals surface area contributed by atoms with Crippen LogP contribution in [0.1, 0.15) is 55.5 Å². The molecular formula is C17H31N3. The van der Waals surface area contributed by atoms with Gasteiger partial charge in [-0.15, -0.1) is 6.58 Å². The van der Waals surface area contributed by atoms with Gasteiger partial charge in [-0.25, -0.2) is 0 Å². The van der Waals surface area contributed by atoms with Gasteiger partial charge in [0.1, 0.15) is 0 Å². The summed E-state index contributed by atoms with van der Waals surface area (Å²) in [4.78, 5) is 0. The van der Waals surface area contributed by atoms with Crippen LogP contribution < -0.4 is 5.32 Å². The van der Waals surface area contributed by atoms with E-state index in [4.69, 9.17) is 0 Å². The number of unbranched alkanes of at least 4 members (excludes halogenated alkanes) is 3. The van der Waals surface area contributed by atoms with Crippen molar-refractivity contribution in [2.75, 3.05) is 7.05 Å². The van der Waals surface area contributed by atoms with Crippen molar-refractivity contribution in [1.29, 1.82) is 0 Å². The van der Waals surface area contributed by atoms with Gasteiger partial charge in [-0.1, -0.05) is 18.9 Å². The number of allylic oxidation sites excluding steroid dienone is 1. The molecule has 1 aromatic heterocycles. The molecule has 0 radical (unpaired) electrons. The van der Waals surface area contributed by atoms with Gasteiger partial charge in [0.25, 0.3) is 0 Å². The Morgan fingerprint density at radius 2 is 2.00 bits per heavy atom. The molecule has 0 spiro atoms. The van der Waals surface area contributed by atoms with Crippen molar-refractivity contribution in [3.05, 3.63) is 29.6 Å². The van der Waals surface area contributed by atoms with Gasteiger partial charge in [0.2, 0.25) is 0 Å². The predicted octanol–water partition coefficient (Wildman–Crippen LogP) is 3.69. The third-order valence-electron chi connectivity index (χ3n) is 4.27.